The van der Waals surface area contributed by atoms with Crippen LogP contribution in [0.5, 0.6) is 0 Å². The highest BCUT2D eigenvalue weighted by Crippen LogP contribution is 2.28. The minimum absolute atomic E-state index is 0.419. The average Bonchev–Trinajstić information content (AvgIpc) is 2.43. The molecule has 3 atom stereocenters. The van der Waals surface area contributed by atoms with E-state index in [1.807, 2.05) is 0 Å². The highest BCUT2D eigenvalue weighted by Gasteiger charge is 2.28. The van der Waals surface area contributed by atoms with E-state index in [-0.39, 0.29) is 0 Å². The van der Waals surface area contributed by atoms with Crippen molar-refractivity contribution < 1.29 is 0 Å². The van der Waals surface area contributed by atoms with Crippen LogP contribution in [-0.2, 0) is 6.54 Å². The van der Waals surface area contributed by atoms with Gasteiger partial charge in [0.15, 0.2) is 0 Å². The number of hydrogen-bond donors (Lipinski definition) is 1. The number of likely N-dealkylation sites (tertiary alicyclic amines) is 1. The monoisotopic (exact) mass is 270 g/mol. The molecule has 2 heteroatoms. The summed E-state index contributed by atoms with van der Waals surface area (Å²) in [6, 6.07) is 9.08. The van der Waals surface area contributed by atoms with E-state index in [9.17, 15) is 0 Å². The van der Waals surface area contributed by atoms with E-state index >= 15 is 0 Å². The van der Waals surface area contributed by atoms with Crippen molar-refractivity contribution in [2.75, 3.05) is 13.1 Å². The Balaban J connectivity index is 2.16. The van der Waals surface area contributed by atoms with Gasteiger partial charge in [0.25, 0.3) is 0 Å². The molecule has 0 aromatic heterocycles. The Labute approximate surface area is 123 Å². The topological polar surface area (TPSA) is 29.3 Å². The van der Waals surface area contributed by atoms with Gasteiger partial charge in [-0.3, -0.25) is 4.90 Å². The van der Waals surface area contributed by atoms with Crippen molar-refractivity contribution in [3.8, 4) is 11.8 Å². The largest absolute Gasteiger partial charge is 0.320 e. The van der Waals surface area contributed by atoms with Gasteiger partial charge in [0, 0.05) is 24.7 Å². The van der Waals surface area contributed by atoms with E-state index in [1.165, 1.54) is 18.5 Å². The molecule has 0 saturated carbocycles. The fourth-order valence-electron chi connectivity index (χ4n) is 3.19. The van der Waals surface area contributed by atoms with Gasteiger partial charge in [-0.2, -0.15) is 0 Å². The summed E-state index contributed by atoms with van der Waals surface area (Å²) in [7, 11) is 0. The lowest BCUT2D eigenvalue weighted by Crippen LogP contribution is -2.45. The molecule has 1 aliphatic heterocycles. The second-order valence-electron chi connectivity index (χ2n) is 6.15. The van der Waals surface area contributed by atoms with Gasteiger partial charge in [0.05, 0.1) is 6.54 Å². The molecule has 2 nitrogen and oxygen atoms in total. The second kappa shape index (κ2) is 6.92. The number of rotatable bonds is 2. The summed E-state index contributed by atoms with van der Waals surface area (Å²) in [4.78, 5) is 2.60. The molecule has 0 spiro atoms. The van der Waals surface area contributed by atoms with E-state index in [2.05, 4.69) is 61.8 Å². The fourth-order valence-corrected chi connectivity index (χ4v) is 3.19. The first-order chi connectivity index (χ1) is 9.61. The number of benzene rings is 1. The predicted octanol–water partition coefficient (Wildman–Crippen LogP) is 2.86. The Bertz CT molecular complexity index is 498. The Morgan fingerprint density at radius 1 is 1.25 bits per heavy atom. The van der Waals surface area contributed by atoms with Gasteiger partial charge in [-0.15, -0.1) is 0 Å². The number of hydrogen-bond acceptors (Lipinski definition) is 2. The molecule has 0 amide bonds. The van der Waals surface area contributed by atoms with Crippen molar-refractivity contribution in [1.82, 2.24) is 4.90 Å². The SMILES string of the molecule is CC1CC(C)C(C)N(Cc2ccccc2C#CCN)C1. The number of nitrogens with zero attached hydrogens (tertiary/aromatic N) is 1. The molecule has 0 aliphatic carbocycles. The highest BCUT2D eigenvalue weighted by atomic mass is 15.2. The van der Waals surface area contributed by atoms with Crippen LogP contribution < -0.4 is 5.73 Å². The van der Waals surface area contributed by atoms with Crippen molar-refractivity contribution in [1.29, 1.82) is 0 Å². The zero-order valence-corrected chi connectivity index (χ0v) is 12.9. The number of nitrogens with two attached hydrogens (primary N) is 1. The summed E-state index contributed by atoms with van der Waals surface area (Å²) in [5.74, 6) is 7.71. The lowest BCUT2D eigenvalue weighted by molar-refractivity contribution is 0.0729. The third kappa shape index (κ3) is 3.62. The van der Waals surface area contributed by atoms with Crippen molar-refractivity contribution in [2.24, 2.45) is 17.6 Å². The van der Waals surface area contributed by atoms with Crippen LogP contribution in [0.25, 0.3) is 0 Å². The zero-order chi connectivity index (χ0) is 14.5. The highest BCUT2D eigenvalue weighted by molar-refractivity contribution is 5.41. The van der Waals surface area contributed by atoms with Crippen molar-refractivity contribution in [3.05, 3.63) is 35.4 Å². The minimum atomic E-state index is 0.419. The predicted molar refractivity (Wildman–Crippen MR) is 85.2 cm³/mol. The smallest absolute Gasteiger partial charge is 0.0555 e. The molecule has 1 fully saturated rings. The van der Waals surface area contributed by atoms with E-state index in [1.54, 1.807) is 0 Å². The molecular formula is C18H26N2. The average molecular weight is 270 g/mol. The van der Waals surface area contributed by atoms with Crippen LogP contribution in [0.1, 0.15) is 38.3 Å². The summed E-state index contributed by atoms with van der Waals surface area (Å²) in [5.41, 5.74) is 7.93. The van der Waals surface area contributed by atoms with Crippen molar-refractivity contribution in [2.45, 2.75) is 39.8 Å². The molecule has 3 unspecified atom stereocenters. The molecule has 108 valence electrons. The third-order valence-electron chi connectivity index (χ3n) is 4.44. The number of piperidine rings is 1. The molecule has 2 rings (SSSR count). The molecule has 1 heterocycles. The summed E-state index contributed by atoms with van der Waals surface area (Å²) in [6.45, 7) is 9.67. The molecule has 1 aliphatic rings. The zero-order valence-electron chi connectivity index (χ0n) is 12.9. The Hall–Kier alpha value is -1.30. The normalized spacial score (nSPS) is 26.9. The van der Waals surface area contributed by atoms with E-state index in [0.717, 1.165) is 23.9 Å². The van der Waals surface area contributed by atoms with Crippen LogP contribution in [0.15, 0.2) is 24.3 Å². The van der Waals surface area contributed by atoms with Crippen LogP contribution in [0.2, 0.25) is 0 Å². The van der Waals surface area contributed by atoms with Crippen LogP contribution in [-0.4, -0.2) is 24.0 Å². The lowest BCUT2D eigenvalue weighted by Gasteiger charge is -2.41. The van der Waals surface area contributed by atoms with Gasteiger partial charge in [-0.1, -0.05) is 43.9 Å². The quantitative estimate of drug-likeness (QED) is 0.837. The van der Waals surface area contributed by atoms with Gasteiger partial charge in [-0.25, -0.2) is 0 Å². The molecule has 1 aromatic rings. The molecular weight excluding hydrogens is 244 g/mol. The molecule has 0 radical (unpaired) electrons. The standard InChI is InChI=1S/C18H26N2/c1-14-11-15(2)16(3)20(12-14)13-18-8-5-4-7-17(18)9-6-10-19/h4-5,7-8,14-16H,10-13,19H2,1-3H3. The maximum atomic E-state index is 5.49. The first-order valence-electron chi connectivity index (χ1n) is 7.62. The molecule has 20 heavy (non-hydrogen) atoms. The summed E-state index contributed by atoms with van der Waals surface area (Å²) < 4.78 is 0. The van der Waals surface area contributed by atoms with Gasteiger partial charge in [0.1, 0.15) is 0 Å². The summed E-state index contributed by atoms with van der Waals surface area (Å²) in [5, 5.41) is 0. The first-order valence-corrected chi connectivity index (χ1v) is 7.62. The van der Waals surface area contributed by atoms with Crippen LogP contribution in [0.3, 0.4) is 0 Å². The Morgan fingerprint density at radius 2 is 2.00 bits per heavy atom. The third-order valence-corrected chi connectivity index (χ3v) is 4.44. The molecule has 1 aromatic carbocycles. The van der Waals surface area contributed by atoms with E-state index in [4.69, 9.17) is 5.73 Å². The lowest BCUT2D eigenvalue weighted by atomic mass is 9.85. The van der Waals surface area contributed by atoms with Gasteiger partial charge in [0.2, 0.25) is 0 Å². The maximum Gasteiger partial charge on any atom is 0.0555 e. The molecule has 2 N–H and O–H groups in total. The van der Waals surface area contributed by atoms with Crippen molar-refractivity contribution >= 4 is 0 Å². The fraction of sp³-hybridized carbons (Fsp3) is 0.556. The van der Waals surface area contributed by atoms with Crippen LogP contribution in [0, 0.1) is 23.7 Å². The second-order valence-corrected chi connectivity index (χ2v) is 6.15. The van der Waals surface area contributed by atoms with E-state index < -0.39 is 0 Å². The minimum Gasteiger partial charge on any atom is -0.320 e. The van der Waals surface area contributed by atoms with Crippen LogP contribution in [0.4, 0.5) is 0 Å². The molecule has 1 saturated heterocycles. The Morgan fingerprint density at radius 3 is 2.75 bits per heavy atom. The first kappa shape index (κ1) is 15.1. The molecule has 0 bridgehead atoms. The van der Waals surface area contributed by atoms with Gasteiger partial charge >= 0.3 is 0 Å². The van der Waals surface area contributed by atoms with Gasteiger partial charge in [-0.05, 0) is 36.8 Å². The maximum absolute atomic E-state index is 5.49. The summed E-state index contributed by atoms with van der Waals surface area (Å²) in [6.07, 6.45) is 1.34. The van der Waals surface area contributed by atoms with E-state index in [0.29, 0.717) is 12.6 Å². The van der Waals surface area contributed by atoms with Gasteiger partial charge < -0.3 is 5.73 Å². The Kier molecular flexibility index (Phi) is 5.23. The van der Waals surface area contributed by atoms with Crippen molar-refractivity contribution in [3.63, 3.8) is 0 Å². The van der Waals surface area contributed by atoms with Crippen LogP contribution >= 0.6 is 0 Å². The summed E-state index contributed by atoms with van der Waals surface area (Å²) >= 11 is 0.